The molecule has 0 bridgehead atoms. The van der Waals surface area contributed by atoms with Crippen LogP contribution in [0.2, 0.25) is 0 Å². The highest BCUT2D eigenvalue weighted by molar-refractivity contribution is 7.15. The van der Waals surface area contributed by atoms with Crippen molar-refractivity contribution in [3.63, 3.8) is 0 Å². The first-order valence-corrected chi connectivity index (χ1v) is 6.68. The fourth-order valence-electron chi connectivity index (χ4n) is 2.02. The molecule has 3 rings (SSSR count). The molecule has 2 nitrogen and oxygen atoms in total. The highest BCUT2D eigenvalue weighted by Crippen LogP contribution is 2.32. The van der Waals surface area contributed by atoms with E-state index in [1.54, 1.807) is 17.4 Å². The molecule has 0 aliphatic carbocycles. The Hall–Kier alpha value is -1.95. The van der Waals surface area contributed by atoms with E-state index in [2.05, 4.69) is 9.72 Å². The average Bonchev–Trinajstić information content (AvgIpc) is 2.92. The number of rotatable bonds is 2. The number of thiophene rings is 1. The molecule has 1 N–H and O–H groups in total. The first kappa shape index (κ1) is 13.1. The van der Waals surface area contributed by atoms with Gasteiger partial charge in [0.15, 0.2) is 0 Å². The number of nitrogens with one attached hydrogen (secondary N) is 1. The fraction of sp³-hybridized carbons (Fsp3) is 0.143. The van der Waals surface area contributed by atoms with Gasteiger partial charge in [0.25, 0.3) is 0 Å². The van der Waals surface area contributed by atoms with E-state index < -0.39 is 6.36 Å². The highest BCUT2D eigenvalue weighted by Gasteiger charge is 2.31. The van der Waals surface area contributed by atoms with Crippen molar-refractivity contribution in [1.29, 1.82) is 0 Å². The van der Waals surface area contributed by atoms with E-state index in [0.717, 1.165) is 16.1 Å². The SMILES string of the molecule is Cc1ccc(-c2cc3cc(OC(F)(F)F)ccc3[nH]2)s1. The zero-order valence-electron chi connectivity index (χ0n) is 10.4. The minimum absolute atomic E-state index is 0.210. The molecule has 1 aromatic carbocycles. The van der Waals surface area contributed by atoms with Crippen LogP contribution in [-0.4, -0.2) is 11.3 Å². The Morgan fingerprint density at radius 3 is 2.55 bits per heavy atom. The molecule has 104 valence electrons. The fourth-order valence-corrected chi connectivity index (χ4v) is 2.86. The summed E-state index contributed by atoms with van der Waals surface area (Å²) in [5.41, 5.74) is 1.67. The van der Waals surface area contributed by atoms with Gasteiger partial charge in [-0.3, -0.25) is 0 Å². The van der Waals surface area contributed by atoms with Crippen molar-refractivity contribution >= 4 is 22.2 Å². The van der Waals surface area contributed by atoms with Crippen LogP contribution in [0.15, 0.2) is 36.4 Å². The average molecular weight is 297 g/mol. The predicted molar refractivity (Wildman–Crippen MR) is 73.0 cm³/mol. The number of alkyl halides is 3. The summed E-state index contributed by atoms with van der Waals surface area (Å²) in [4.78, 5) is 5.42. The van der Waals surface area contributed by atoms with Gasteiger partial charge in [-0.2, -0.15) is 0 Å². The molecule has 2 heterocycles. The van der Waals surface area contributed by atoms with Gasteiger partial charge in [-0.1, -0.05) is 0 Å². The Kier molecular flexibility index (Phi) is 2.97. The van der Waals surface area contributed by atoms with E-state index >= 15 is 0 Å². The molecule has 0 saturated heterocycles. The van der Waals surface area contributed by atoms with Crippen LogP contribution in [0, 0.1) is 6.92 Å². The summed E-state index contributed by atoms with van der Waals surface area (Å²) in [6.45, 7) is 2.01. The molecule has 20 heavy (non-hydrogen) atoms. The number of benzene rings is 1. The second-order valence-corrected chi connectivity index (χ2v) is 5.68. The molecule has 0 atom stereocenters. The van der Waals surface area contributed by atoms with Crippen LogP contribution < -0.4 is 4.74 Å². The lowest BCUT2D eigenvalue weighted by Crippen LogP contribution is -2.16. The first-order chi connectivity index (χ1) is 9.40. The number of aromatic amines is 1. The third-order valence-corrected chi connectivity index (χ3v) is 3.87. The van der Waals surface area contributed by atoms with Crippen LogP contribution in [0.1, 0.15) is 4.88 Å². The van der Waals surface area contributed by atoms with Crippen molar-refractivity contribution < 1.29 is 17.9 Å². The second kappa shape index (κ2) is 4.56. The van der Waals surface area contributed by atoms with E-state index in [-0.39, 0.29) is 5.75 Å². The molecule has 0 aliphatic rings. The van der Waals surface area contributed by atoms with Gasteiger partial charge in [0.1, 0.15) is 5.75 Å². The van der Waals surface area contributed by atoms with Gasteiger partial charge < -0.3 is 9.72 Å². The Bertz CT molecular complexity index is 757. The van der Waals surface area contributed by atoms with Crippen molar-refractivity contribution in [1.82, 2.24) is 4.98 Å². The maximum atomic E-state index is 12.2. The topological polar surface area (TPSA) is 25.0 Å². The molecule has 6 heteroatoms. The van der Waals surface area contributed by atoms with Crippen molar-refractivity contribution in [3.8, 4) is 16.3 Å². The van der Waals surface area contributed by atoms with Gasteiger partial charge in [-0.15, -0.1) is 24.5 Å². The molecule has 0 unspecified atom stereocenters. The maximum absolute atomic E-state index is 12.2. The molecule has 0 radical (unpaired) electrons. The summed E-state index contributed by atoms with van der Waals surface area (Å²) in [5.74, 6) is -0.210. The summed E-state index contributed by atoms with van der Waals surface area (Å²) in [6.07, 6.45) is -4.67. The van der Waals surface area contributed by atoms with E-state index in [0.29, 0.717) is 5.39 Å². The first-order valence-electron chi connectivity index (χ1n) is 5.86. The van der Waals surface area contributed by atoms with E-state index in [1.165, 1.54) is 17.0 Å². The Balaban J connectivity index is 1.99. The minimum atomic E-state index is -4.67. The lowest BCUT2D eigenvalue weighted by molar-refractivity contribution is -0.274. The number of aryl methyl sites for hydroxylation is 1. The van der Waals surface area contributed by atoms with E-state index in [9.17, 15) is 13.2 Å². The minimum Gasteiger partial charge on any atom is -0.406 e. The van der Waals surface area contributed by atoms with Crippen molar-refractivity contribution in [3.05, 3.63) is 41.3 Å². The number of H-pyrrole nitrogens is 1. The number of fused-ring (bicyclic) bond motifs is 1. The third kappa shape index (κ3) is 2.65. The van der Waals surface area contributed by atoms with Crippen LogP contribution in [-0.2, 0) is 0 Å². The second-order valence-electron chi connectivity index (χ2n) is 4.39. The number of hydrogen-bond donors (Lipinski definition) is 1. The molecule has 0 amide bonds. The molecule has 0 fully saturated rings. The number of hydrogen-bond acceptors (Lipinski definition) is 2. The zero-order valence-corrected chi connectivity index (χ0v) is 11.2. The molecule has 0 saturated carbocycles. The quantitative estimate of drug-likeness (QED) is 0.699. The van der Waals surface area contributed by atoms with Crippen LogP contribution in [0.3, 0.4) is 0 Å². The normalized spacial score (nSPS) is 12.0. The van der Waals surface area contributed by atoms with E-state index in [4.69, 9.17) is 0 Å². The van der Waals surface area contributed by atoms with Crippen LogP contribution in [0.4, 0.5) is 13.2 Å². The third-order valence-electron chi connectivity index (χ3n) is 2.83. The molecular weight excluding hydrogens is 287 g/mol. The van der Waals surface area contributed by atoms with Gasteiger partial charge in [-0.25, -0.2) is 0 Å². The van der Waals surface area contributed by atoms with Gasteiger partial charge in [0, 0.05) is 15.8 Å². The molecular formula is C14H10F3NOS. The van der Waals surface area contributed by atoms with E-state index in [1.807, 2.05) is 25.1 Å². The van der Waals surface area contributed by atoms with Crippen LogP contribution in [0.25, 0.3) is 21.5 Å². The zero-order chi connectivity index (χ0) is 14.3. The van der Waals surface area contributed by atoms with Crippen LogP contribution in [0.5, 0.6) is 5.75 Å². The smallest absolute Gasteiger partial charge is 0.406 e. The molecule has 0 aliphatic heterocycles. The standard InChI is InChI=1S/C14H10F3NOS/c1-8-2-5-13(20-8)12-7-9-6-10(19-14(15,16)17)3-4-11(9)18-12/h2-7,18H,1H3. The maximum Gasteiger partial charge on any atom is 0.573 e. The lowest BCUT2D eigenvalue weighted by Gasteiger charge is -2.08. The molecule has 3 aromatic rings. The van der Waals surface area contributed by atoms with Crippen molar-refractivity contribution in [2.75, 3.05) is 0 Å². The van der Waals surface area contributed by atoms with Crippen LogP contribution >= 0.6 is 11.3 Å². The van der Waals surface area contributed by atoms with Gasteiger partial charge in [0.05, 0.1) is 10.6 Å². The Labute approximate surface area is 116 Å². The van der Waals surface area contributed by atoms with Gasteiger partial charge in [-0.05, 0) is 43.3 Å². The van der Waals surface area contributed by atoms with Crippen molar-refractivity contribution in [2.24, 2.45) is 0 Å². The Morgan fingerprint density at radius 1 is 1.10 bits per heavy atom. The summed E-state index contributed by atoms with van der Waals surface area (Å²) in [7, 11) is 0. The number of ether oxygens (including phenoxy) is 1. The van der Waals surface area contributed by atoms with Gasteiger partial charge in [0.2, 0.25) is 0 Å². The largest absolute Gasteiger partial charge is 0.573 e. The van der Waals surface area contributed by atoms with Crippen molar-refractivity contribution in [2.45, 2.75) is 13.3 Å². The Morgan fingerprint density at radius 2 is 1.90 bits per heavy atom. The molecule has 2 aromatic heterocycles. The predicted octanol–water partition coefficient (Wildman–Crippen LogP) is 5.10. The number of aromatic nitrogens is 1. The monoisotopic (exact) mass is 297 g/mol. The summed E-state index contributed by atoms with van der Waals surface area (Å²) in [5, 5.41) is 0.688. The number of halogens is 3. The molecule has 0 spiro atoms. The summed E-state index contributed by atoms with van der Waals surface area (Å²) >= 11 is 1.63. The summed E-state index contributed by atoms with van der Waals surface area (Å²) < 4.78 is 40.5. The lowest BCUT2D eigenvalue weighted by atomic mass is 10.2. The highest BCUT2D eigenvalue weighted by atomic mass is 32.1. The summed E-state index contributed by atoms with van der Waals surface area (Å²) in [6, 6.07) is 10.1. The van der Waals surface area contributed by atoms with Gasteiger partial charge >= 0.3 is 6.36 Å².